The Morgan fingerprint density at radius 2 is 1.33 bits per heavy atom. The van der Waals surface area contributed by atoms with Crippen LogP contribution in [0.1, 0.15) is 13.8 Å². The lowest BCUT2D eigenvalue weighted by molar-refractivity contribution is -0.122. The van der Waals surface area contributed by atoms with Gasteiger partial charge in [-0.15, -0.1) is 0 Å². The molecule has 4 heteroatoms. The molecule has 0 unspecified atom stereocenters. The van der Waals surface area contributed by atoms with E-state index < -0.39 is 0 Å². The van der Waals surface area contributed by atoms with E-state index in [1.807, 2.05) is 0 Å². The Labute approximate surface area is 54.0 Å². The second-order valence-electron chi connectivity index (χ2n) is 0.553. The van der Waals surface area contributed by atoms with Crippen LogP contribution >= 0.6 is 0 Å². The molecule has 9 heavy (non-hydrogen) atoms. The molecule has 0 aliphatic rings. The highest BCUT2D eigenvalue weighted by molar-refractivity contribution is 5.32. The van der Waals surface area contributed by atoms with Gasteiger partial charge in [0.1, 0.15) is 0 Å². The molecule has 50 valence electrons. The number of hydrogen-bond donors (Lipinski definition) is 1. The Hall–Kier alpha value is -1.55. The molecule has 0 aromatic carbocycles. The monoisotopic (exact) mass is 128 g/mol. The van der Waals surface area contributed by atoms with Crippen LogP contribution in [0.15, 0.2) is 0 Å². The fourth-order valence-corrected chi connectivity index (χ4v) is 0. The molecule has 0 heterocycles. The average molecular weight is 128 g/mol. The number of hydrogen-bond acceptors (Lipinski definition) is 3. The first kappa shape index (κ1) is 15.7. The molecule has 4 nitrogen and oxygen atoms in total. The van der Waals surface area contributed by atoms with E-state index in [9.17, 15) is 0 Å². The van der Waals surface area contributed by atoms with E-state index in [-0.39, 0.29) is 6.47 Å². The van der Waals surface area contributed by atoms with Gasteiger partial charge >= 0.3 is 0 Å². The molecular weight excluding hydrogens is 120 g/mol. The van der Waals surface area contributed by atoms with Gasteiger partial charge in [0.05, 0.1) is 12.1 Å². The largest absolute Gasteiger partial charge is 0.483 e. The molecule has 0 aromatic rings. The van der Waals surface area contributed by atoms with Crippen LogP contribution in [0.2, 0.25) is 0 Å². The number of nitriles is 2. The van der Waals surface area contributed by atoms with Gasteiger partial charge in [0, 0.05) is 13.8 Å². The smallest absolute Gasteiger partial charge is 0.290 e. The summed E-state index contributed by atoms with van der Waals surface area (Å²) < 4.78 is 0. The zero-order valence-corrected chi connectivity index (χ0v) is 5.33. The molecule has 0 spiro atoms. The van der Waals surface area contributed by atoms with Crippen molar-refractivity contribution in [3.63, 3.8) is 0 Å². The molecule has 0 bridgehead atoms. The standard InChI is InChI=1S/2C2H3N.CH2O2/c2*1-2-3;2-1-3/h2*1H3;1H,(H,2,3). The fraction of sp³-hybridized carbons (Fsp3) is 0.400. The second kappa shape index (κ2) is 91.1. The highest BCUT2D eigenvalue weighted by Crippen LogP contribution is 1.22. The minimum Gasteiger partial charge on any atom is -0.483 e. The maximum Gasteiger partial charge on any atom is 0.290 e. The maximum atomic E-state index is 8.36. The third-order valence-electron chi connectivity index (χ3n) is 0. The van der Waals surface area contributed by atoms with Crippen LogP contribution in [0.25, 0.3) is 0 Å². The van der Waals surface area contributed by atoms with E-state index in [1.165, 1.54) is 13.8 Å². The van der Waals surface area contributed by atoms with Gasteiger partial charge in [-0.2, -0.15) is 10.5 Å². The molecule has 1 N–H and O–H groups in total. The van der Waals surface area contributed by atoms with Gasteiger partial charge in [0.15, 0.2) is 0 Å². The van der Waals surface area contributed by atoms with E-state index in [2.05, 4.69) is 0 Å². The Balaban J connectivity index is -0.0000000600. The molecule has 0 saturated carbocycles. The molecule has 0 aromatic heterocycles. The summed E-state index contributed by atoms with van der Waals surface area (Å²) in [7, 11) is 0. The minimum absolute atomic E-state index is 0.250. The molecule has 0 rings (SSSR count). The van der Waals surface area contributed by atoms with Gasteiger partial charge in [-0.1, -0.05) is 0 Å². The van der Waals surface area contributed by atoms with E-state index in [4.69, 9.17) is 20.4 Å². The Morgan fingerprint density at radius 1 is 1.33 bits per heavy atom. The first-order chi connectivity index (χ1) is 4.24. The van der Waals surface area contributed by atoms with Gasteiger partial charge in [-0.25, -0.2) is 0 Å². The lowest BCUT2D eigenvalue weighted by atomic mass is 11.0. The van der Waals surface area contributed by atoms with Crippen molar-refractivity contribution in [2.45, 2.75) is 13.8 Å². The predicted molar refractivity (Wildman–Crippen MR) is 31.3 cm³/mol. The van der Waals surface area contributed by atoms with Crippen molar-refractivity contribution in [3.8, 4) is 12.1 Å². The predicted octanol–water partition coefficient (Wildman–Crippen LogP) is 0.761. The first-order valence-corrected chi connectivity index (χ1v) is 1.94. The maximum absolute atomic E-state index is 8.36. The van der Waals surface area contributed by atoms with Gasteiger partial charge in [0.2, 0.25) is 0 Å². The zero-order valence-electron chi connectivity index (χ0n) is 5.33. The molecule has 0 radical (unpaired) electrons. The number of carboxylic acid groups (broad SMARTS) is 1. The van der Waals surface area contributed by atoms with Crippen LogP contribution in [-0.2, 0) is 4.79 Å². The second-order valence-corrected chi connectivity index (χ2v) is 0.553. The van der Waals surface area contributed by atoms with Crippen LogP contribution in [-0.4, -0.2) is 11.6 Å². The van der Waals surface area contributed by atoms with Crippen molar-refractivity contribution >= 4 is 6.47 Å². The van der Waals surface area contributed by atoms with Crippen LogP contribution in [0, 0.1) is 22.7 Å². The summed E-state index contributed by atoms with van der Waals surface area (Å²) in [5.74, 6) is 0. The fourth-order valence-electron chi connectivity index (χ4n) is 0. The topological polar surface area (TPSA) is 84.9 Å². The number of nitrogens with zero attached hydrogens (tertiary/aromatic N) is 2. The Morgan fingerprint density at radius 3 is 1.33 bits per heavy atom. The van der Waals surface area contributed by atoms with E-state index in [1.54, 1.807) is 12.1 Å². The Bertz CT molecular complexity index is 97.1. The van der Waals surface area contributed by atoms with Crippen molar-refractivity contribution in [3.05, 3.63) is 0 Å². The third-order valence-corrected chi connectivity index (χ3v) is 0. The highest BCUT2D eigenvalue weighted by atomic mass is 16.3. The van der Waals surface area contributed by atoms with E-state index in [0.29, 0.717) is 0 Å². The van der Waals surface area contributed by atoms with E-state index >= 15 is 0 Å². The molecule has 0 amide bonds. The summed E-state index contributed by atoms with van der Waals surface area (Å²) >= 11 is 0. The summed E-state index contributed by atoms with van der Waals surface area (Å²) in [5.41, 5.74) is 0. The van der Waals surface area contributed by atoms with E-state index in [0.717, 1.165) is 0 Å². The molecular formula is C5H8N2O2. The number of carbonyl (C=O) groups is 1. The van der Waals surface area contributed by atoms with Gasteiger partial charge < -0.3 is 5.11 Å². The summed E-state index contributed by atoms with van der Waals surface area (Å²) in [6, 6.07) is 3.50. The van der Waals surface area contributed by atoms with Gasteiger partial charge in [-0.05, 0) is 0 Å². The molecule has 0 atom stereocenters. The van der Waals surface area contributed by atoms with Crippen molar-refractivity contribution in [2.24, 2.45) is 0 Å². The molecule has 0 aliphatic carbocycles. The Kier molecular flexibility index (Phi) is 158. The van der Waals surface area contributed by atoms with Gasteiger partial charge in [0.25, 0.3) is 6.47 Å². The SMILES string of the molecule is CC#N.CC#N.O=CO. The zero-order chi connectivity index (χ0) is 8.12. The molecule has 0 fully saturated rings. The minimum atomic E-state index is -0.250. The molecule has 0 aliphatic heterocycles. The summed E-state index contributed by atoms with van der Waals surface area (Å²) in [6.07, 6.45) is 0. The van der Waals surface area contributed by atoms with Crippen LogP contribution < -0.4 is 0 Å². The average Bonchev–Trinajstić information content (AvgIpc) is 1.70. The van der Waals surface area contributed by atoms with Crippen LogP contribution in [0.5, 0.6) is 0 Å². The van der Waals surface area contributed by atoms with Crippen molar-refractivity contribution in [1.82, 2.24) is 0 Å². The third kappa shape index (κ3) is 53.2. The summed E-state index contributed by atoms with van der Waals surface area (Å²) in [5, 5.41) is 21.5. The van der Waals surface area contributed by atoms with Crippen molar-refractivity contribution in [1.29, 1.82) is 10.5 Å². The quantitative estimate of drug-likeness (QED) is 0.488. The lowest BCUT2D eigenvalue weighted by Gasteiger charge is -1.34. The summed E-state index contributed by atoms with van der Waals surface area (Å²) in [4.78, 5) is 8.36. The van der Waals surface area contributed by atoms with Crippen LogP contribution in [0.4, 0.5) is 0 Å². The summed E-state index contributed by atoms with van der Waals surface area (Å²) in [6.45, 7) is 2.61. The number of rotatable bonds is 0. The lowest BCUT2D eigenvalue weighted by Crippen LogP contribution is -1.49. The van der Waals surface area contributed by atoms with Crippen molar-refractivity contribution in [2.75, 3.05) is 0 Å². The van der Waals surface area contributed by atoms with Gasteiger partial charge in [-0.3, -0.25) is 4.79 Å². The van der Waals surface area contributed by atoms with Crippen LogP contribution in [0.3, 0.4) is 0 Å². The molecule has 0 saturated heterocycles. The first-order valence-electron chi connectivity index (χ1n) is 1.94. The van der Waals surface area contributed by atoms with Crippen molar-refractivity contribution < 1.29 is 9.90 Å². The normalized spacial score (nSPS) is 3.11. The highest BCUT2D eigenvalue weighted by Gasteiger charge is 1.22.